The first kappa shape index (κ1) is 20.0. The van der Waals surface area contributed by atoms with Crippen LogP contribution in [0.15, 0.2) is 23.1 Å². The van der Waals surface area contributed by atoms with Crippen molar-refractivity contribution >= 4 is 27.5 Å². The third-order valence-corrected chi connectivity index (χ3v) is 5.80. The Kier molecular flexibility index (Phi) is 5.67. The topological polar surface area (TPSA) is 98.5 Å². The molecule has 2 rings (SSSR count). The number of ether oxygens (including phenoxy) is 1. The summed E-state index contributed by atoms with van der Waals surface area (Å²) in [7, 11) is -4.54. The number of rotatable bonds is 5. The van der Waals surface area contributed by atoms with Crippen molar-refractivity contribution in [3.63, 3.8) is 0 Å². The van der Waals surface area contributed by atoms with Crippen LogP contribution in [0.25, 0.3) is 0 Å². The maximum absolute atomic E-state index is 13.1. The molecule has 1 fully saturated rings. The van der Waals surface area contributed by atoms with Crippen LogP contribution in [0.3, 0.4) is 0 Å². The SMILES string of the molecule is NC(=O)C1(CNS(=O)(=O)c2ccc(Cl)cc2C(F)(F)F)CCOCC1. The molecule has 1 aliphatic heterocycles. The van der Waals surface area contributed by atoms with Crippen LogP contribution in [0.2, 0.25) is 5.02 Å². The minimum Gasteiger partial charge on any atom is -0.381 e. The number of carbonyl (C=O) groups excluding carboxylic acids is 1. The lowest BCUT2D eigenvalue weighted by atomic mass is 9.80. The summed E-state index contributed by atoms with van der Waals surface area (Å²) in [6.45, 7) is 0.00672. The van der Waals surface area contributed by atoms with E-state index in [1.54, 1.807) is 0 Å². The molecule has 11 heteroatoms. The van der Waals surface area contributed by atoms with Gasteiger partial charge in [-0.25, -0.2) is 13.1 Å². The second-order valence-corrected chi connectivity index (χ2v) is 7.89. The van der Waals surface area contributed by atoms with E-state index in [1.165, 1.54) is 0 Å². The highest BCUT2D eigenvalue weighted by Crippen LogP contribution is 2.36. The van der Waals surface area contributed by atoms with Crippen LogP contribution in [0.5, 0.6) is 0 Å². The zero-order valence-electron chi connectivity index (χ0n) is 12.9. The maximum Gasteiger partial charge on any atom is 0.417 e. The van der Waals surface area contributed by atoms with E-state index in [0.29, 0.717) is 6.07 Å². The number of benzene rings is 1. The average Bonchev–Trinajstić information content (AvgIpc) is 2.52. The number of hydrogen-bond donors (Lipinski definition) is 2. The molecule has 1 saturated heterocycles. The third kappa shape index (κ3) is 4.43. The van der Waals surface area contributed by atoms with E-state index in [-0.39, 0.29) is 31.1 Å². The van der Waals surface area contributed by atoms with Gasteiger partial charge in [0, 0.05) is 24.8 Å². The third-order valence-electron chi connectivity index (χ3n) is 4.11. The van der Waals surface area contributed by atoms with E-state index in [2.05, 4.69) is 4.72 Å². The Balaban J connectivity index is 2.32. The van der Waals surface area contributed by atoms with Gasteiger partial charge < -0.3 is 10.5 Å². The summed E-state index contributed by atoms with van der Waals surface area (Å²) in [5, 5.41) is -0.246. The Morgan fingerprint density at radius 1 is 1.32 bits per heavy atom. The van der Waals surface area contributed by atoms with Crippen molar-refractivity contribution < 1.29 is 31.1 Å². The first-order valence-corrected chi connectivity index (χ1v) is 9.08. The van der Waals surface area contributed by atoms with Gasteiger partial charge in [-0.2, -0.15) is 13.2 Å². The number of halogens is 4. The highest BCUT2D eigenvalue weighted by atomic mass is 35.5. The van der Waals surface area contributed by atoms with Gasteiger partial charge in [0.1, 0.15) is 0 Å². The van der Waals surface area contributed by atoms with Crippen molar-refractivity contribution in [2.75, 3.05) is 19.8 Å². The summed E-state index contributed by atoms with van der Waals surface area (Å²) in [5.41, 5.74) is 2.78. The van der Waals surface area contributed by atoms with Crippen molar-refractivity contribution in [1.29, 1.82) is 0 Å². The summed E-state index contributed by atoms with van der Waals surface area (Å²) >= 11 is 5.55. The monoisotopic (exact) mass is 400 g/mol. The van der Waals surface area contributed by atoms with Crippen LogP contribution in [-0.4, -0.2) is 34.1 Å². The Morgan fingerprint density at radius 3 is 2.44 bits per heavy atom. The highest BCUT2D eigenvalue weighted by molar-refractivity contribution is 7.89. The summed E-state index contributed by atoms with van der Waals surface area (Å²) in [6.07, 6.45) is -4.55. The number of nitrogens with one attached hydrogen (secondary N) is 1. The quantitative estimate of drug-likeness (QED) is 0.788. The number of sulfonamides is 1. The van der Waals surface area contributed by atoms with Gasteiger partial charge in [0.15, 0.2) is 0 Å². The number of amides is 1. The molecule has 0 spiro atoms. The minimum absolute atomic E-state index is 0.178. The van der Waals surface area contributed by atoms with Crippen LogP contribution in [0.4, 0.5) is 13.2 Å². The van der Waals surface area contributed by atoms with Crippen LogP contribution < -0.4 is 10.5 Å². The molecule has 0 saturated carbocycles. The number of carbonyl (C=O) groups is 1. The molecule has 0 aromatic heterocycles. The molecule has 25 heavy (non-hydrogen) atoms. The molecule has 1 heterocycles. The molecular formula is C14H16ClF3N2O4S. The Morgan fingerprint density at radius 2 is 1.92 bits per heavy atom. The summed E-state index contributed by atoms with van der Waals surface area (Å²) in [4.78, 5) is 10.8. The molecule has 0 unspecified atom stereocenters. The summed E-state index contributed by atoms with van der Waals surface area (Å²) in [6, 6.07) is 2.35. The van der Waals surface area contributed by atoms with Crippen LogP contribution >= 0.6 is 11.6 Å². The molecule has 1 aromatic carbocycles. The average molecular weight is 401 g/mol. The molecule has 1 aliphatic rings. The van der Waals surface area contributed by atoms with Crippen LogP contribution in [-0.2, 0) is 25.7 Å². The van der Waals surface area contributed by atoms with E-state index in [4.69, 9.17) is 22.1 Å². The van der Waals surface area contributed by atoms with Crippen molar-refractivity contribution in [2.45, 2.75) is 23.9 Å². The minimum atomic E-state index is -4.91. The van der Waals surface area contributed by atoms with Crippen LogP contribution in [0, 0.1) is 5.41 Å². The van der Waals surface area contributed by atoms with Gasteiger partial charge >= 0.3 is 6.18 Å². The molecule has 140 valence electrons. The van der Waals surface area contributed by atoms with Gasteiger partial charge in [-0.1, -0.05) is 11.6 Å². The lowest BCUT2D eigenvalue weighted by Gasteiger charge is -2.34. The number of alkyl halides is 3. The fourth-order valence-electron chi connectivity index (χ4n) is 2.54. The lowest BCUT2D eigenvalue weighted by molar-refractivity contribution is -0.140. The Bertz CT molecular complexity index is 762. The van der Waals surface area contributed by atoms with E-state index >= 15 is 0 Å². The largest absolute Gasteiger partial charge is 0.417 e. The Hall–Kier alpha value is -1.36. The molecule has 0 radical (unpaired) electrons. The molecule has 0 atom stereocenters. The zero-order valence-corrected chi connectivity index (χ0v) is 14.5. The summed E-state index contributed by atoms with van der Waals surface area (Å²) in [5.74, 6) is -0.731. The molecule has 6 nitrogen and oxygen atoms in total. The molecule has 0 bridgehead atoms. The number of hydrogen-bond acceptors (Lipinski definition) is 4. The van der Waals surface area contributed by atoms with Crippen molar-refractivity contribution in [3.8, 4) is 0 Å². The highest BCUT2D eigenvalue weighted by Gasteiger charge is 2.41. The molecular weight excluding hydrogens is 385 g/mol. The van der Waals surface area contributed by atoms with E-state index in [0.717, 1.165) is 12.1 Å². The fourth-order valence-corrected chi connectivity index (χ4v) is 4.05. The van der Waals surface area contributed by atoms with Gasteiger partial charge in [-0.05, 0) is 31.0 Å². The van der Waals surface area contributed by atoms with Crippen molar-refractivity contribution in [3.05, 3.63) is 28.8 Å². The van der Waals surface area contributed by atoms with Crippen LogP contribution in [0.1, 0.15) is 18.4 Å². The first-order chi connectivity index (χ1) is 11.5. The fraction of sp³-hybridized carbons (Fsp3) is 0.500. The first-order valence-electron chi connectivity index (χ1n) is 7.22. The molecule has 1 aromatic rings. The summed E-state index contributed by atoms with van der Waals surface area (Å²) < 4.78 is 71.3. The van der Waals surface area contributed by atoms with E-state index in [9.17, 15) is 26.4 Å². The zero-order chi connectivity index (χ0) is 18.9. The van der Waals surface area contributed by atoms with Crippen molar-refractivity contribution in [2.24, 2.45) is 11.1 Å². The normalized spacial score (nSPS) is 18.1. The van der Waals surface area contributed by atoms with E-state index in [1.807, 2.05) is 0 Å². The maximum atomic E-state index is 13.1. The molecule has 0 aliphatic carbocycles. The van der Waals surface area contributed by atoms with Crippen molar-refractivity contribution in [1.82, 2.24) is 4.72 Å². The molecule has 1 amide bonds. The van der Waals surface area contributed by atoms with Gasteiger partial charge in [0.2, 0.25) is 15.9 Å². The predicted octanol–water partition coefficient (Wildman–Crippen LogP) is 1.92. The number of primary amides is 1. The number of nitrogens with two attached hydrogens (primary N) is 1. The second kappa shape index (κ2) is 7.10. The van der Waals surface area contributed by atoms with Gasteiger partial charge in [0.05, 0.1) is 15.9 Å². The molecule has 3 N–H and O–H groups in total. The van der Waals surface area contributed by atoms with Gasteiger partial charge in [-0.15, -0.1) is 0 Å². The standard InChI is InChI=1S/C14H16ClF3N2O4S/c15-9-1-2-11(10(7-9)14(16,17)18)25(22,23)20-8-13(12(19)21)3-5-24-6-4-13/h1-2,7,20H,3-6,8H2,(H2,19,21). The second-order valence-electron chi connectivity index (χ2n) is 5.72. The van der Waals surface area contributed by atoms with E-state index < -0.39 is 44.5 Å². The van der Waals surface area contributed by atoms with Gasteiger partial charge in [-0.3, -0.25) is 4.79 Å². The predicted molar refractivity (Wildman–Crippen MR) is 83.3 cm³/mol. The Labute approximate surface area is 147 Å². The lowest BCUT2D eigenvalue weighted by Crippen LogP contribution is -2.49. The van der Waals surface area contributed by atoms with Gasteiger partial charge in [0.25, 0.3) is 0 Å². The smallest absolute Gasteiger partial charge is 0.381 e.